The molecule has 2 aromatic carbocycles. The topological polar surface area (TPSA) is 47.3 Å². The maximum absolute atomic E-state index is 5.82. The summed E-state index contributed by atoms with van der Waals surface area (Å²) < 4.78 is 5.82. The molecule has 0 unspecified atom stereocenters. The Kier molecular flexibility index (Phi) is 2.85. The fraction of sp³-hybridized carbons (Fsp3) is 0. The van der Waals surface area contributed by atoms with Gasteiger partial charge in [-0.25, -0.2) is 0 Å². The quantitative estimate of drug-likeness (QED) is 0.664. The smallest absolute Gasteiger partial charge is 0.168 e. The van der Waals surface area contributed by atoms with Crippen molar-refractivity contribution in [2.45, 2.75) is 9.79 Å². The summed E-state index contributed by atoms with van der Waals surface area (Å²) in [7, 11) is 0. The second-order valence-electron chi connectivity index (χ2n) is 3.80. The van der Waals surface area contributed by atoms with E-state index in [0.717, 1.165) is 27.0 Å². The zero-order valence-electron chi connectivity index (χ0n) is 9.34. The Labute approximate surface area is 114 Å². The van der Waals surface area contributed by atoms with E-state index < -0.39 is 0 Å². The van der Waals surface area contributed by atoms with Crippen LogP contribution in [0.15, 0.2) is 52.3 Å². The first-order valence-corrected chi connectivity index (χ1v) is 6.60. The van der Waals surface area contributed by atoms with Crippen LogP contribution in [-0.2, 0) is 0 Å². The Bertz CT molecular complexity index is 628. The number of hydrogen-bond donors (Lipinski definition) is 2. The van der Waals surface area contributed by atoms with Gasteiger partial charge in [0, 0.05) is 5.69 Å². The minimum Gasteiger partial charge on any atom is -0.455 e. The van der Waals surface area contributed by atoms with E-state index in [2.05, 4.69) is 5.32 Å². The molecule has 0 spiro atoms. The number of ether oxygens (including phenoxy) is 1. The van der Waals surface area contributed by atoms with Crippen LogP contribution in [0.5, 0.6) is 11.5 Å². The normalized spacial score (nSPS) is 12.0. The minimum absolute atomic E-state index is 0.261. The zero-order chi connectivity index (χ0) is 12.5. The number of anilines is 1. The van der Waals surface area contributed by atoms with Crippen LogP contribution in [0.1, 0.15) is 0 Å². The van der Waals surface area contributed by atoms with E-state index in [1.807, 2.05) is 42.5 Å². The number of benzene rings is 2. The highest BCUT2D eigenvalue weighted by Gasteiger charge is 2.17. The van der Waals surface area contributed by atoms with Crippen molar-refractivity contribution in [3.05, 3.63) is 42.5 Å². The third-order valence-electron chi connectivity index (χ3n) is 2.50. The third-order valence-corrected chi connectivity index (χ3v) is 3.70. The van der Waals surface area contributed by atoms with Gasteiger partial charge in [-0.2, -0.15) is 0 Å². The first-order valence-electron chi connectivity index (χ1n) is 5.37. The lowest BCUT2D eigenvalue weighted by Gasteiger charge is -2.20. The molecule has 18 heavy (non-hydrogen) atoms. The highest BCUT2D eigenvalue weighted by molar-refractivity contribution is 7.99. The van der Waals surface area contributed by atoms with Gasteiger partial charge in [0.1, 0.15) is 11.5 Å². The molecule has 0 saturated carbocycles. The van der Waals surface area contributed by atoms with Crippen LogP contribution in [-0.4, -0.2) is 5.11 Å². The van der Waals surface area contributed by atoms with Gasteiger partial charge >= 0.3 is 0 Å². The van der Waals surface area contributed by atoms with E-state index >= 15 is 0 Å². The number of fused-ring (bicyclic) bond motifs is 2. The third kappa shape index (κ3) is 2.14. The molecule has 0 bridgehead atoms. The molecule has 0 radical (unpaired) electrons. The van der Waals surface area contributed by atoms with E-state index in [1.165, 1.54) is 0 Å². The SMILES string of the molecule is NC(=S)Nc1ccc2c(c1)Sc1ccccc1O2. The number of para-hydroxylation sites is 1. The monoisotopic (exact) mass is 274 g/mol. The van der Waals surface area contributed by atoms with Gasteiger partial charge in [0.05, 0.1) is 9.79 Å². The van der Waals surface area contributed by atoms with Crippen molar-refractivity contribution < 1.29 is 4.74 Å². The maximum atomic E-state index is 5.82. The first-order chi connectivity index (χ1) is 8.72. The molecule has 0 atom stereocenters. The molecule has 0 aromatic heterocycles. The van der Waals surface area contributed by atoms with E-state index in [0.29, 0.717) is 0 Å². The van der Waals surface area contributed by atoms with Crippen LogP contribution in [0.4, 0.5) is 5.69 Å². The molecule has 0 fully saturated rings. The van der Waals surface area contributed by atoms with Crippen molar-refractivity contribution in [2.24, 2.45) is 5.73 Å². The molecular formula is C13H10N2OS2. The molecule has 1 aliphatic heterocycles. The van der Waals surface area contributed by atoms with Gasteiger partial charge in [0.2, 0.25) is 0 Å². The van der Waals surface area contributed by atoms with E-state index in [1.54, 1.807) is 11.8 Å². The van der Waals surface area contributed by atoms with Gasteiger partial charge < -0.3 is 15.8 Å². The Morgan fingerprint density at radius 2 is 1.89 bits per heavy atom. The van der Waals surface area contributed by atoms with Gasteiger partial charge in [-0.1, -0.05) is 23.9 Å². The average molecular weight is 274 g/mol. The van der Waals surface area contributed by atoms with Crippen LogP contribution >= 0.6 is 24.0 Å². The van der Waals surface area contributed by atoms with Crippen molar-refractivity contribution in [1.82, 2.24) is 0 Å². The largest absolute Gasteiger partial charge is 0.455 e. The van der Waals surface area contributed by atoms with E-state index in [-0.39, 0.29) is 5.11 Å². The Balaban J connectivity index is 1.96. The van der Waals surface area contributed by atoms with Crippen molar-refractivity contribution in [1.29, 1.82) is 0 Å². The number of rotatable bonds is 1. The number of nitrogens with two attached hydrogens (primary N) is 1. The fourth-order valence-corrected chi connectivity index (χ4v) is 2.86. The number of thiocarbonyl (C=S) groups is 1. The number of nitrogens with one attached hydrogen (secondary N) is 1. The van der Waals surface area contributed by atoms with Crippen molar-refractivity contribution in [2.75, 3.05) is 5.32 Å². The lowest BCUT2D eigenvalue weighted by molar-refractivity contribution is 0.454. The van der Waals surface area contributed by atoms with Gasteiger partial charge in [-0.05, 0) is 42.5 Å². The molecule has 2 aromatic rings. The molecule has 3 rings (SSSR count). The van der Waals surface area contributed by atoms with Crippen LogP contribution in [0.2, 0.25) is 0 Å². The van der Waals surface area contributed by atoms with E-state index in [9.17, 15) is 0 Å². The molecule has 3 nitrogen and oxygen atoms in total. The standard InChI is InChI=1S/C13H10N2OS2/c14-13(17)15-8-5-6-10-12(7-8)18-11-4-2-1-3-9(11)16-10/h1-7H,(H3,14,15,17). The molecule has 0 saturated heterocycles. The van der Waals surface area contributed by atoms with E-state index in [4.69, 9.17) is 22.7 Å². The van der Waals surface area contributed by atoms with Crippen molar-refractivity contribution in [3.63, 3.8) is 0 Å². The lowest BCUT2D eigenvalue weighted by Crippen LogP contribution is -2.18. The summed E-state index contributed by atoms with van der Waals surface area (Å²) >= 11 is 6.50. The van der Waals surface area contributed by atoms with Gasteiger partial charge in [0.25, 0.3) is 0 Å². The summed E-state index contributed by atoms with van der Waals surface area (Å²) in [5.74, 6) is 1.75. The van der Waals surface area contributed by atoms with Crippen LogP contribution < -0.4 is 15.8 Å². The summed E-state index contributed by atoms with van der Waals surface area (Å²) in [4.78, 5) is 2.16. The summed E-state index contributed by atoms with van der Waals surface area (Å²) in [6.45, 7) is 0. The average Bonchev–Trinajstić information content (AvgIpc) is 2.35. The molecule has 1 aliphatic rings. The van der Waals surface area contributed by atoms with Crippen molar-refractivity contribution >= 4 is 34.8 Å². The molecule has 5 heteroatoms. The molecule has 1 heterocycles. The second-order valence-corrected chi connectivity index (χ2v) is 5.33. The number of hydrogen-bond acceptors (Lipinski definition) is 3. The molecule has 3 N–H and O–H groups in total. The summed E-state index contributed by atoms with van der Waals surface area (Å²) in [5, 5.41) is 3.18. The fourth-order valence-electron chi connectivity index (χ4n) is 1.75. The summed E-state index contributed by atoms with van der Waals surface area (Å²) in [6.07, 6.45) is 0. The second kappa shape index (κ2) is 4.51. The first kappa shape index (κ1) is 11.4. The minimum atomic E-state index is 0.261. The summed E-state index contributed by atoms with van der Waals surface area (Å²) in [5.41, 5.74) is 6.33. The molecule has 90 valence electrons. The van der Waals surface area contributed by atoms with Crippen LogP contribution in [0.3, 0.4) is 0 Å². The van der Waals surface area contributed by atoms with Gasteiger partial charge in [-0.15, -0.1) is 0 Å². The predicted octanol–water partition coefficient (Wildman–Crippen LogP) is 3.60. The molecule has 0 aliphatic carbocycles. The highest BCUT2D eigenvalue weighted by atomic mass is 32.2. The zero-order valence-corrected chi connectivity index (χ0v) is 11.0. The lowest BCUT2D eigenvalue weighted by atomic mass is 10.3. The summed E-state index contributed by atoms with van der Waals surface area (Å²) in [6, 6.07) is 13.8. The Hall–Kier alpha value is -1.72. The van der Waals surface area contributed by atoms with Crippen molar-refractivity contribution in [3.8, 4) is 11.5 Å². The van der Waals surface area contributed by atoms with Gasteiger partial charge in [-0.3, -0.25) is 0 Å². The Morgan fingerprint density at radius 1 is 1.11 bits per heavy atom. The maximum Gasteiger partial charge on any atom is 0.168 e. The van der Waals surface area contributed by atoms with Crippen LogP contribution in [0.25, 0.3) is 0 Å². The van der Waals surface area contributed by atoms with Crippen LogP contribution in [0, 0.1) is 0 Å². The highest BCUT2D eigenvalue weighted by Crippen LogP contribution is 2.47. The Morgan fingerprint density at radius 3 is 2.72 bits per heavy atom. The van der Waals surface area contributed by atoms with Gasteiger partial charge in [0.15, 0.2) is 5.11 Å². The predicted molar refractivity (Wildman–Crippen MR) is 77.5 cm³/mol. The molecule has 0 amide bonds. The molecular weight excluding hydrogens is 264 g/mol.